The Morgan fingerprint density at radius 2 is 1.89 bits per heavy atom. The highest BCUT2D eigenvalue weighted by molar-refractivity contribution is 7.91. The quantitative estimate of drug-likeness (QED) is 0.755. The summed E-state index contributed by atoms with van der Waals surface area (Å²) in [5, 5.41) is 8.76. The van der Waals surface area contributed by atoms with Gasteiger partial charge in [0.05, 0.1) is 11.5 Å². The molecule has 1 unspecified atom stereocenters. The lowest BCUT2D eigenvalue weighted by atomic mass is 10.0. The molecule has 7 heteroatoms. The van der Waals surface area contributed by atoms with Gasteiger partial charge in [-0.1, -0.05) is 0 Å². The van der Waals surface area contributed by atoms with Crippen molar-refractivity contribution >= 4 is 21.7 Å². The van der Waals surface area contributed by atoms with Crippen LogP contribution in [0.25, 0.3) is 0 Å². The number of carboxylic acids is 1. The van der Waals surface area contributed by atoms with E-state index in [2.05, 4.69) is 0 Å². The molecule has 0 aromatic carbocycles. The summed E-state index contributed by atoms with van der Waals surface area (Å²) in [7, 11) is -2.98. The molecule has 1 amide bonds. The van der Waals surface area contributed by atoms with Crippen LogP contribution < -0.4 is 0 Å². The van der Waals surface area contributed by atoms with Gasteiger partial charge in [0.15, 0.2) is 9.84 Å². The molecule has 0 aromatic rings. The van der Waals surface area contributed by atoms with Crippen LogP contribution in [0.15, 0.2) is 0 Å². The highest BCUT2D eigenvalue weighted by Gasteiger charge is 2.36. The van der Waals surface area contributed by atoms with Crippen LogP contribution >= 0.6 is 0 Å². The zero-order chi connectivity index (χ0) is 13.3. The van der Waals surface area contributed by atoms with Gasteiger partial charge >= 0.3 is 5.97 Å². The molecule has 2 rings (SSSR count). The van der Waals surface area contributed by atoms with Crippen molar-refractivity contribution in [3.63, 3.8) is 0 Å². The molecular weight excluding hydrogens is 258 g/mol. The van der Waals surface area contributed by atoms with Crippen molar-refractivity contribution in [1.29, 1.82) is 0 Å². The Balaban J connectivity index is 1.91. The van der Waals surface area contributed by atoms with E-state index in [0.29, 0.717) is 6.42 Å². The summed E-state index contributed by atoms with van der Waals surface area (Å²) in [6.45, 7) is -0.275. The molecular formula is C11H17NO5S. The molecule has 18 heavy (non-hydrogen) atoms. The Morgan fingerprint density at radius 3 is 2.33 bits per heavy atom. The van der Waals surface area contributed by atoms with E-state index in [0.717, 1.165) is 12.8 Å². The highest BCUT2D eigenvalue weighted by Crippen LogP contribution is 2.29. The topological polar surface area (TPSA) is 91.8 Å². The van der Waals surface area contributed by atoms with Crippen LogP contribution in [0.3, 0.4) is 0 Å². The molecule has 1 N–H and O–H groups in total. The number of carboxylic acid groups (broad SMARTS) is 1. The number of hydrogen-bond acceptors (Lipinski definition) is 4. The molecule has 0 bridgehead atoms. The maximum Gasteiger partial charge on any atom is 0.323 e. The lowest BCUT2D eigenvalue weighted by Gasteiger charge is -2.21. The fraction of sp³-hybridized carbons (Fsp3) is 0.818. The Morgan fingerprint density at radius 1 is 1.22 bits per heavy atom. The molecule has 6 nitrogen and oxygen atoms in total. The van der Waals surface area contributed by atoms with Gasteiger partial charge in [-0.15, -0.1) is 0 Å². The Labute approximate surface area is 106 Å². The minimum absolute atomic E-state index is 0.0478. The van der Waals surface area contributed by atoms with Crippen molar-refractivity contribution in [2.45, 2.75) is 31.7 Å². The van der Waals surface area contributed by atoms with Gasteiger partial charge in [0.25, 0.3) is 0 Å². The third kappa shape index (κ3) is 3.44. The van der Waals surface area contributed by atoms with E-state index in [1.165, 1.54) is 4.90 Å². The first-order valence-corrected chi connectivity index (χ1v) is 7.91. The first-order valence-electron chi connectivity index (χ1n) is 6.09. The van der Waals surface area contributed by atoms with Crippen LogP contribution in [0.1, 0.15) is 25.7 Å². The van der Waals surface area contributed by atoms with Gasteiger partial charge in [-0.05, 0) is 25.2 Å². The fourth-order valence-corrected chi connectivity index (χ4v) is 4.21. The number of rotatable bonds is 5. The number of amides is 1. The number of sulfone groups is 1. The summed E-state index contributed by atoms with van der Waals surface area (Å²) in [5.74, 6) is -1.17. The monoisotopic (exact) mass is 275 g/mol. The normalized spacial score (nSPS) is 25.9. The van der Waals surface area contributed by atoms with Gasteiger partial charge in [-0.25, -0.2) is 8.42 Å². The summed E-state index contributed by atoms with van der Waals surface area (Å²) >= 11 is 0. The predicted molar refractivity (Wildman–Crippen MR) is 63.7 cm³/mol. The number of nitrogens with zero attached hydrogens (tertiary/aromatic N) is 1. The number of carbonyl (C=O) groups excluding carboxylic acids is 1. The Hall–Kier alpha value is -1.11. The molecule has 2 fully saturated rings. The second kappa shape index (κ2) is 4.87. The summed E-state index contributed by atoms with van der Waals surface area (Å²) in [5.41, 5.74) is 0. The lowest BCUT2D eigenvalue weighted by molar-refractivity contribution is -0.145. The molecule has 2 aliphatic rings. The smallest absolute Gasteiger partial charge is 0.323 e. The minimum Gasteiger partial charge on any atom is -0.480 e. The third-order valence-corrected chi connectivity index (χ3v) is 5.24. The minimum atomic E-state index is -2.98. The van der Waals surface area contributed by atoms with E-state index >= 15 is 0 Å². The van der Waals surface area contributed by atoms with Crippen molar-refractivity contribution in [3.05, 3.63) is 0 Å². The molecule has 1 aliphatic heterocycles. The van der Waals surface area contributed by atoms with Crippen LogP contribution in [-0.2, 0) is 19.4 Å². The molecule has 0 radical (unpaired) electrons. The average molecular weight is 275 g/mol. The zero-order valence-corrected chi connectivity index (χ0v) is 10.9. The molecule has 1 saturated heterocycles. The van der Waals surface area contributed by atoms with Gasteiger partial charge < -0.3 is 10.0 Å². The predicted octanol–water partition coefficient (Wildman–Crippen LogP) is -0.113. The van der Waals surface area contributed by atoms with Crippen molar-refractivity contribution in [2.75, 3.05) is 18.1 Å². The average Bonchev–Trinajstić information content (AvgIpc) is 3.01. The van der Waals surface area contributed by atoms with E-state index in [4.69, 9.17) is 5.11 Å². The van der Waals surface area contributed by atoms with Crippen LogP contribution in [0.4, 0.5) is 0 Å². The second-order valence-electron chi connectivity index (χ2n) is 5.12. The van der Waals surface area contributed by atoms with E-state index in [9.17, 15) is 18.0 Å². The van der Waals surface area contributed by atoms with Crippen molar-refractivity contribution in [1.82, 2.24) is 4.90 Å². The first kappa shape index (κ1) is 13.3. The molecule has 1 saturated carbocycles. The van der Waals surface area contributed by atoms with Crippen LogP contribution in [-0.4, -0.2) is 54.4 Å². The van der Waals surface area contributed by atoms with E-state index in [-0.39, 0.29) is 42.3 Å². The first-order chi connectivity index (χ1) is 8.37. The van der Waals surface area contributed by atoms with Crippen LogP contribution in [0.5, 0.6) is 0 Å². The molecule has 0 spiro atoms. The fourth-order valence-electron chi connectivity index (χ4n) is 2.35. The van der Waals surface area contributed by atoms with Gasteiger partial charge in [0.1, 0.15) is 6.54 Å². The van der Waals surface area contributed by atoms with Crippen molar-refractivity contribution in [3.8, 4) is 0 Å². The molecule has 0 aromatic heterocycles. The number of carbonyl (C=O) groups is 2. The molecule has 102 valence electrons. The summed E-state index contributed by atoms with van der Waals surface area (Å²) in [6.07, 6.45) is 2.37. The Bertz CT molecular complexity index is 454. The number of hydrogen-bond donors (Lipinski definition) is 1. The highest BCUT2D eigenvalue weighted by atomic mass is 32.2. The summed E-state index contributed by atoms with van der Waals surface area (Å²) in [4.78, 5) is 24.1. The maximum absolute atomic E-state index is 12.0. The van der Waals surface area contributed by atoms with Crippen molar-refractivity contribution in [2.24, 2.45) is 5.92 Å². The molecule has 1 atom stereocenters. The summed E-state index contributed by atoms with van der Waals surface area (Å²) in [6, 6.07) is 0.0478. The standard InChI is InChI=1S/C11H17NO5S/c13-10(5-8-3-4-18(16,17)7-8)12(6-11(14)15)9-1-2-9/h8-9H,1-7H2,(H,14,15). The zero-order valence-electron chi connectivity index (χ0n) is 10.0. The maximum atomic E-state index is 12.0. The second-order valence-corrected chi connectivity index (χ2v) is 7.35. The van der Waals surface area contributed by atoms with E-state index < -0.39 is 15.8 Å². The van der Waals surface area contributed by atoms with Crippen LogP contribution in [0.2, 0.25) is 0 Å². The third-order valence-electron chi connectivity index (χ3n) is 3.40. The number of aliphatic carboxylic acids is 1. The molecule has 1 aliphatic carbocycles. The van der Waals surface area contributed by atoms with Gasteiger partial charge in [-0.2, -0.15) is 0 Å². The van der Waals surface area contributed by atoms with Gasteiger partial charge in [-0.3, -0.25) is 9.59 Å². The SMILES string of the molecule is O=C(O)CN(C(=O)CC1CCS(=O)(=O)C1)C1CC1. The van der Waals surface area contributed by atoms with Gasteiger partial charge in [0.2, 0.25) is 5.91 Å². The van der Waals surface area contributed by atoms with Crippen molar-refractivity contribution < 1.29 is 23.1 Å². The van der Waals surface area contributed by atoms with E-state index in [1.54, 1.807) is 0 Å². The van der Waals surface area contributed by atoms with E-state index in [1.807, 2.05) is 0 Å². The van der Waals surface area contributed by atoms with Crippen LogP contribution in [0, 0.1) is 5.92 Å². The lowest BCUT2D eigenvalue weighted by Crippen LogP contribution is -2.38. The summed E-state index contributed by atoms with van der Waals surface area (Å²) < 4.78 is 22.6. The molecule has 1 heterocycles. The largest absolute Gasteiger partial charge is 0.480 e. The Kier molecular flexibility index (Phi) is 3.61. The van der Waals surface area contributed by atoms with Gasteiger partial charge in [0, 0.05) is 12.5 Å².